The quantitative estimate of drug-likeness (QED) is 0.347. The average Bonchev–Trinajstić information content (AvgIpc) is 3.35. The number of hydrogen-bond acceptors (Lipinski definition) is 5. The van der Waals surface area contributed by atoms with Gasteiger partial charge in [0, 0.05) is 30.2 Å². The molecule has 0 aliphatic rings. The molecular weight excluding hydrogens is 396 g/mol. The van der Waals surface area contributed by atoms with E-state index in [4.69, 9.17) is 4.98 Å². The number of thiazole rings is 1. The van der Waals surface area contributed by atoms with Gasteiger partial charge in [0.25, 0.3) is 0 Å². The SMILES string of the molecule is CC(C)c1ccc(-c2nc(CSc3nnc(Cc4ccccc4)n3C)cs2)cc1. The van der Waals surface area contributed by atoms with Crippen molar-refractivity contribution in [1.29, 1.82) is 0 Å². The van der Waals surface area contributed by atoms with Gasteiger partial charge in [0.1, 0.15) is 10.8 Å². The molecule has 0 spiro atoms. The fraction of sp³-hybridized carbons (Fsp3) is 0.261. The molecule has 2 aromatic carbocycles. The first kappa shape index (κ1) is 19.9. The number of aromatic nitrogens is 4. The lowest BCUT2D eigenvalue weighted by molar-refractivity contribution is 0.748. The Balaban J connectivity index is 1.40. The molecule has 0 bridgehead atoms. The van der Waals surface area contributed by atoms with Gasteiger partial charge in [-0.3, -0.25) is 0 Å². The first-order valence-corrected chi connectivity index (χ1v) is 11.6. The van der Waals surface area contributed by atoms with Gasteiger partial charge in [0.15, 0.2) is 5.16 Å². The third-order valence-corrected chi connectivity index (χ3v) is 6.85. The Hall–Kier alpha value is -2.44. The van der Waals surface area contributed by atoms with Crippen LogP contribution in [0.15, 0.2) is 65.1 Å². The highest BCUT2D eigenvalue weighted by molar-refractivity contribution is 7.98. The van der Waals surface area contributed by atoms with Gasteiger partial charge in [0.05, 0.1) is 5.69 Å². The van der Waals surface area contributed by atoms with Crippen molar-refractivity contribution in [3.05, 3.63) is 82.6 Å². The minimum absolute atomic E-state index is 0.547. The molecule has 4 rings (SSSR count). The molecule has 0 saturated carbocycles. The summed E-state index contributed by atoms with van der Waals surface area (Å²) in [5.41, 5.74) is 4.86. The van der Waals surface area contributed by atoms with Crippen LogP contribution in [0, 0.1) is 0 Å². The molecule has 0 saturated heterocycles. The second-order valence-corrected chi connectivity index (χ2v) is 9.13. The first-order valence-electron chi connectivity index (χ1n) is 9.70. The number of nitrogens with zero attached hydrogens (tertiary/aromatic N) is 4. The van der Waals surface area contributed by atoms with Gasteiger partial charge in [-0.15, -0.1) is 21.5 Å². The zero-order valence-electron chi connectivity index (χ0n) is 16.9. The summed E-state index contributed by atoms with van der Waals surface area (Å²) in [6, 6.07) is 19.1. The number of hydrogen-bond donors (Lipinski definition) is 0. The topological polar surface area (TPSA) is 43.6 Å². The average molecular weight is 421 g/mol. The van der Waals surface area contributed by atoms with Gasteiger partial charge in [-0.2, -0.15) is 0 Å². The first-order chi connectivity index (χ1) is 14.1. The van der Waals surface area contributed by atoms with Crippen molar-refractivity contribution >= 4 is 23.1 Å². The smallest absolute Gasteiger partial charge is 0.191 e. The molecule has 4 nitrogen and oxygen atoms in total. The Morgan fingerprint density at radius 1 is 1.00 bits per heavy atom. The standard InChI is InChI=1S/C23H24N4S2/c1-16(2)18-9-11-19(12-10-18)22-24-20(14-28-22)15-29-23-26-25-21(27(23)3)13-17-7-5-4-6-8-17/h4-12,14,16H,13,15H2,1-3H3. The van der Waals surface area contributed by atoms with Gasteiger partial charge < -0.3 is 4.57 Å². The van der Waals surface area contributed by atoms with Crippen molar-refractivity contribution in [2.75, 3.05) is 0 Å². The maximum absolute atomic E-state index is 4.81. The van der Waals surface area contributed by atoms with E-state index in [1.165, 1.54) is 16.7 Å². The van der Waals surface area contributed by atoms with Crippen LogP contribution in [0.5, 0.6) is 0 Å². The summed E-state index contributed by atoms with van der Waals surface area (Å²) >= 11 is 3.38. The van der Waals surface area contributed by atoms with Crippen LogP contribution in [0.25, 0.3) is 10.6 Å². The molecule has 0 unspecified atom stereocenters. The Morgan fingerprint density at radius 3 is 2.48 bits per heavy atom. The van der Waals surface area contributed by atoms with Crippen molar-refractivity contribution in [2.24, 2.45) is 7.05 Å². The maximum atomic E-state index is 4.81. The van der Waals surface area contributed by atoms with E-state index in [9.17, 15) is 0 Å². The van der Waals surface area contributed by atoms with Gasteiger partial charge in [-0.25, -0.2) is 4.98 Å². The van der Waals surface area contributed by atoms with Crippen LogP contribution in [0.3, 0.4) is 0 Å². The van der Waals surface area contributed by atoms with Crippen molar-refractivity contribution in [3.63, 3.8) is 0 Å². The molecule has 0 fully saturated rings. The summed E-state index contributed by atoms with van der Waals surface area (Å²) < 4.78 is 2.08. The predicted octanol–water partition coefficient (Wildman–Crippen LogP) is 5.95. The van der Waals surface area contributed by atoms with Crippen molar-refractivity contribution < 1.29 is 0 Å². The zero-order chi connectivity index (χ0) is 20.2. The molecule has 2 heterocycles. The third-order valence-electron chi connectivity index (χ3n) is 4.86. The van der Waals surface area contributed by atoms with Crippen LogP contribution >= 0.6 is 23.1 Å². The van der Waals surface area contributed by atoms with E-state index in [0.717, 1.165) is 33.9 Å². The Morgan fingerprint density at radius 2 is 1.76 bits per heavy atom. The molecule has 0 N–H and O–H groups in total. The lowest BCUT2D eigenvalue weighted by Gasteiger charge is -2.05. The van der Waals surface area contributed by atoms with E-state index in [-0.39, 0.29) is 0 Å². The highest BCUT2D eigenvalue weighted by Crippen LogP contribution is 2.28. The van der Waals surface area contributed by atoms with Crippen LogP contribution in [0.4, 0.5) is 0 Å². The molecule has 0 aliphatic carbocycles. The van der Waals surface area contributed by atoms with Crippen LogP contribution < -0.4 is 0 Å². The molecule has 6 heteroatoms. The summed E-state index contributed by atoms with van der Waals surface area (Å²) in [4.78, 5) is 4.81. The van der Waals surface area contributed by atoms with Gasteiger partial charge in [0.2, 0.25) is 0 Å². The molecule has 0 atom stereocenters. The summed E-state index contributed by atoms with van der Waals surface area (Å²) in [6.45, 7) is 4.43. The molecule has 0 amide bonds. The highest BCUT2D eigenvalue weighted by atomic mass is 32.2. The molecule has 0 aliphatic heterocycles. The lowest BCUT2D eigenvalue weighted by atomic mass is 10.0. The Labute approximate surface area is 180 Å². The van der Waals surface area contributed by atoms with E-state index >= 15 is 0 Å². The fourth-order valence-electron chi connectivity index (χ4n) is 3.06. The van der Waals surface area contributed by atoms with Crippen molar-refractivity contribution in [1.82, 2.24) is 19.7 Å². The van der Waals surface area contributed by atoms with Crippen molar-refractivity contribution in [3.8, 4) is 10.6 Å². The minimum Gasteiger partial charge on any atom is -0.309 e. The largest absolute Gasteiger partial charge is 0.309 e. The maximum Gasteiger partial charge on any atom is 0.191 e. The predicted molar refractivity (Wildman–Crippen MR) is 121 cm³/mol. The molecule has 0 radical (unpaired) electrons. The highest BCUT2D eigenvalue weighted by Gasteiger charge is 2.12. The molecular formula is C23H24N4S2. The molecule has 148 valence electrons. The van der Waals surface area contributed by atoms with E-state index in [1.54, 1.807) is 23.1 Å². The van der Waals surface area contributed by atoms with Gasteiger partial charge >= 0.3 is 0 Å². The fourth-order valence-corrected chi connectivity index (χ4v) is 4.81. The minimum atomic E-state index is 0.547. The Bertz CT molecular complexity index is 1070. The van der Waals surface area contributed by atoms with Crippen molar-refractivity contribution in [2.45, 2.75) is 37.1 Å². The molecule has 4 aromatic rings. The van der Waals surface area contributed by atoms with Crippen LogP contribution in [-0.2, 0) is 19.2 Å². The monoisotopic (exact) mass is 420 g/mol. The van der Waals surface area contributed by atoms with Crippen LogP contribution in [0.1, 0.15) is 42.4 Å². The summed E-state index contributed by atoms with van der Waals surface area (Å²) in [6.07, 6.45) is 0.790. The van der Waals surface area contributed by atoms with E-state index in [0.29, 0.717) is 5.92 Å². The Kier molecular flexibility index (Phi) is 6.11. The van der Waals surface area contributed by atoms with Crippen LogP contribution in [-0.4, -0.2) is 19.7 Å². The lowest BCUT2D eigenvalue weighted by Crippen LogP contribution is -2.00. The third kappa shape index (κ3) is 4.77. The second kappa shape index (κ2) is 8.93. The zero-order valence-corrected chi connectivity index (χ0v) is 18.5. The molecule has 2 aromatic heterocycles. The number of thioether (sulfide) groups is 1. The van der Waals surface area contributed by atoms with Crippen LogP contribution in [0.2, 0.25) is 0 Å². The summed E-state index contributed by atoms with van der Waals surface area (Å²) in [5, 5.41) is 12.9. The van der Waals surface area contributed by atoms with E-state index in [2.05, 4.69) is 82.5 Å². The molecule has 29 heavy (non-hydrogen) atoms. The number of rotatable bonds is 7. The normalized spacial score (nSPS) is 11.3. The van der Waals surface area contributed by atoms with E-state index in [1.807, 2.05) is 13.1 Å². The summed E-state index contributed by atoms with van der Waals surface area (Å²) in [7, 11) is 2.03. The second-order valence-electron chi connectivity index (χ2n) is 7.33. The van der Waals surface area contributed by atoms with Gasteiger partial charge in [-0.05, 0) is 17.0 Å². The van der Waals surface area contributed by atoms with Gasteiger partial charge in [-0.1, -0.05) is 80.2 Å². The van der Waals surface area contributed by atoms with E-state index < -0.39 is 0 Å². The summed E-state index contributed by atoms with van der Waals surface area (Å²) in [5.74, 6) is 2.31. The number of benzene rings is 2.